The summed E-state index contributed by atoms with van der Waals surface area (Å²) in [6.45, 7) is 0.418. The SMILES string of the molecule is CS(=O)(=O)N(CCC(=O)N1CCCc2ccccc21)c1ccc(F)c(F)c1. The number of fused-ring (bicyclic) bond motifs is 1. The molecule has 0 radical (unpaired) electrons. The maximum atomic E-state index is 13.5. The molecule has 0 N–H and O–H groups in total. The Morgan fingerprint density at radius 2 is 1.89 bits per heavy atom. The Labute approximate surface area is 157 Å². The van der Waals surface area contributed by atoms with Gasteiger partial charge < -0.3 is 4.90 Å². The number of para-hydroxylation sites is 1. The molecule has 5 nitrogen and oxygen atoms in total. The number of anilines is 2. The molecule has 0 saturated heterocycles. The van der Waals surface area contributed by atoms with Crippen LogP contribution < -0.4 is 9.21 Å². The van der Waals surface area contributed by atoms with E-state index >= 15 is 0 Å². The predicted molar refractivity (Wildman–Crippen MR) is 100 cm³/mol. The predicted octanol–water partition coefficient (Wildman–Crippen LogP) is 3.10. The first-order chi connectivity index (χ1) is 12.8. The fourth-order valence-corrected chi connectivity index (χ4v) is 4.17. The topological polar surface area (TPSA) is 57.7 Å². The van der Waals surface area contributed by atoms with E-state index < -0.39 is 21.7 Å². The van der Waals surface area contributed by atoms with E-state index in [4.69, 9.17) is 0 Å². The van der Waals surface area contributed by atoms with Crippen molar-refractivity contribution >= 4 is 27.3 Å². The summed E-state index contributed by atoms with van der Waals surface area (Å²) < 4.78 is 51.8. The Morgan fingerprint density at radius 1 is 1.15 bits per heavy atom. The standard InChI is InChI=1S/C19H20F2N2O3S/c1-27(25,26)23(15-8-9-16(20)17(21)13-15)12-10-19(24)22-11-4-6-14-5-2-3-7-18(14)22/h2-3,5,7-9,13H,4,6,10-12H2,1H3. The lowest BCUT2D eigenvalue weighted by Crippen LogP contribution is -2.39. The average molecular weight is 394 g/mol. The number of nitrogens with zero attached hydrogens (tertiary/aromatic N) is 2. The molecule has 0 saturated carbocycles. The second kappa shape index (κ2) is 7.64. The Kier molecular flexibility index (Phi) is 5.46. The summed E-state index contributed by atoms with van der Waals surface area (Å²) in [4.78, 5) is 14.4. The van der Waals surface area contributed by atoms with Crippen LogP contribution in [0.25, 0.3) is 0 Å². The summed E-state index contributed by atoms with van der Waals surface area (Å²) in [5, 5.41) is 0. The van der Waals surface area contributed by atoms with Gasteiger partial charge in [0.1, 0.15) is 0 Å². The van der Waals surface area contributed by atoms with E-state index in [1.165, 1.54) is 6.07 Å². The van der Waals surface area contributed by atoms with Crippen LogP contribution in [0.15, 0.2) is 42.5 Å². The highest BCUT2D eigenvalue weighted by Crippen LogP contribution is 2.27. The minimum atomic E-state index is -3.76. The minimum absolute atomic E-state index is 0.0109. The molecular formula is C19H20F2N2O3S. The fourth-order valence-electron chi connectivity index (χ4n) is 3.25. The molecule has 2 aromatic carbocycles. The van der Waals surface area contributed by atoms with Gasteiger partial charge in [-0.2, -0.15) is 0 Å². The lowest BCUT2D eigenvalue weighted by Gasteiger charge is -2.30. The highest BCUT2D eigenvalue weighted by atomic mass is 32.2. The van der Waals surface area contributed by atoms with Crippen molar-refractivity contribution in [3.8, 4) is 0 Å². The van der Waals surface area contributed by atoms with Gasteiger partial charge in [-0.1, -0.05) is 18.2 Å². The molecule has 0 unspecified atom stereocenters. The van der Waals surface area contributed by atoms with E-state index in [9.17, 15) is 22.0 Å². The maximum Gasteiger partial charge on any atom is 0.232 e. The maximum absolute atomic E-state index is 13.5. The number of rotatable bonds is 5. The van der Waals surface area contributed by atoms with Crippen molar-refractivity contribution in [3.63, 3.8) is 0 Å². The van der Waals surface area contributed by atoms with E-state index in [0.717, 1.165) is 46.8 Å². The molecule has 1 heterocycles. The summed E-state index contributed by atoms with van der Waals surface area (Å²) in [5.74, 6) is -2.41. The number of carbonyl (C=O) groups is 1. The molecule has 0 bridgehead atoms. The minimum Gasteiger partial charge on any atom is -0.312 e. The number of hydrogen-bond acceptors (Lipinski definition) is 3. The number of sulfonamides is 1. The van der Waals surface area contributed by atoms with Crippen LogP contribution in [0.1, 0.15) is 18.4 Å². The van der Waals surface area contributed by atoms with Crippen molar-refractivity contribution in [1.29, 1.82) is 0 Å². The first kappa shape index (κ1) is 19.3. The van der Waals surface area contributed by atoms with Gasteiger partial charge in [0.25, 0.3) is 0 Å². The van der Waals surface area contributed by atoms with Gasteiger partial charge in [0, 0.05) is 31.3 Å². The second-order valence-electron chi connectivity index (χ2n) is 6.46. The number of halogens is 2. The van der Waals surface area contributed by atoms with Crippen molar-refractivity contribution in [2.45, 2.75) is 19.3 Å². The smallest absolute Gasteiger partial charge is 0.232 e. The molecule has 0 fully saturated rings. The van der Waals surface area contributed by atoms with Crippen LogP contribution in [-0.2, 0) is 21.2 Å². The van der Waals surface area contributed by atoms with Crippen LogP contribution in [0.5, 0.6) is 0 Å². The first-order valence-corrected chi connectivity index (χ1v) is 10.4. The summed E-state index contributed by atoms with van der Waals surface area (Å²) in [6, 6.07) is 10.5. The summed E-state index contributed by atoms with van der Waals surface area (Å²) in [6.07, 6.45) is 2.63. The summed E-state index contributed by atoms with van der Waals surface area (Å²) >= 11 is 0. The Bertz CT molecular complexity index is 963. The van der Waals surface area contributed by atoms with Gasteiger partial charge in [-0.3, -0.25) is 9.10 Å². The van der Waals surface area contributed by atoms with Gasteiger partial charge in [0.15, 0.2) is 11.6 Å². The van der Waals surface area contributed by atoms with Crippen LogP contribution in [0.3, 0.4) is 0 Å². The highest BCUT2D eigenvalue weighted by molar-refractivity contribution is 7.92. The molecule has 0 aliphatic carbocycles. The lowest BCUT2D eigenvalue weighted by atomic mass is 10.0. The molecule has 0 spiro atoms. The number of hydrogen-bond donors (Lipinski definition) is 0. The zero-order chi connectivity index (χ0) is 19.6. The number of aryl methyl sites for hydroxylation is 1. The average Bonchev–Trinajstić information content (AvgIpc) is 2.63. The summed E-state index contributed by atoms with van der Waals surface area (Å²) in [5.41, 5.74) is 1.91. The lowest BCUT2D eigenvalue weighted by molar-refractivity contribution is -0.118. The molecule has 1 aliphatic rings. The van der Waals surface area contributed by atoms with Crippen molar-refractivity contribution in [1.82, 2.24) is 0 Å². The van der Waals surface area contributed by atoms with Gasteiger partial charge in [0.05, 0.1) is 11.9 Å². The van der Waals surface area contributed by atoms with E-state index in [0.29, 0.717) is 6.54 Å². The van der Waals surface area contributed by atoms with Crippen molar-refractivity contribution in [3.05, 3.63) is 59.7 Å². The zero-order valence-electron chi connectivity index (χ0n) is 14.9. The van der Waals surface area contributed by atoms with Crippen LogP contribution in [0.4, 0.5) is 20.2 Å². The summed E-state index contributed by atoms with van der Waals surface area (Å²) in [7, 11) is -3.76. The van der Waals surface area contributed by atoms with E-state index in [1.807, 2.05) is 24.3 Å². The molecule has 1 aliphatic heterocycles. The highest BCUT2D eigenvalue weighted by Gasteiger charge is 2.25. The Morgan fingerprint density at radius 3 is 2.59 bits per heavy atom. The molecule has 1 amide bonds. The van der Waals surface area contributed by atoms with Crippen molar-refractivity contribution in [2.75, 3.05) is 28.6 Å². The normalized spacial score (nSPS) is 14.0. The van der Waals surface area contributed by atoms with Crippen molar-refractivity contribution < 1.29 is 22.0 Å². The molecule has 3 rings (SSSR count). The zero-order valence-corrected chi connectivity index (χ0v) is 15.7. The molecular weight excluding hydrogens is 374 g/mol. The van der Waals surface area contributed by atoms with Crippen LogP contribution in [0, 0.1) is 11.6 Å². The number of carbonyl (C=O) groups excluding carboxylic acids is 1. The third-order valence-electron chi connectivity index (χ3n) is 4.53. The molecule has 8 heteroatoms. The molecule has 0 aromatic heterocycles. The van der Waals surface area contributed by atoms with Gasteiger partial charge >= 0.3 is 0 Å². The second-order valence-corrected chi connectivity index (χ2v) is 8.37. The number of benzene rings is 2. The first-order valence-electron chi connectivity index (χ1n) is 8.58. The fraction of sp³-hybridized carbons (Fsp3) is 0.316. The molecule has 144 valence electrons. The van der Waals surface area contributed by atoms with Gasteiger partial charge in [-0.05, 0) is 36.6 Å². The van der Waals surface area contributed by atoms with Gasteiger partial charge in [-0.25, -0.2) is 17.2 Å². The van der Waals surface area contributed by atoms with Crippen LogP contribution in [0.2, 0.25) is 0 Å². The molecule has 27 heavy (non-hydrogen) atoms. The van der Waals surface area contributed by atoms with Gasteiger partial charge in [-0.15, -0.1) is 0 Å². The van der Waals surface area contributed by atoms with E-state index in [2.05, 4.69) is 0 Å². The molecule has 0 atom stereocenters. The quantitative estimate of drug-likeness (QED) is 0.783. The molecule has 2 aromatic rings. The third kappa shape index (κ3) is 4.27. The largest absolute Gasteiger partial charge is 0.312 e. The Hall–Kier alpha value is -2.48. The van der Waals surface area contributed by atoms with E-state index in [1.54, 1.807) is 4.90 Å². The van der Waals surface area contributed by atoms with Crippen LogP contribution >= 0.6 is 0 Å². The monoisotopic (exact) mass is 394 g/mol. The third-order valence-corrected chi connectivity index (χ3v) is 5.73. The van der Waals surface area contributed by atoms with Crippen molar-refractivity contribution in [2.24, 2.45) is 0 Å². The van der Waals surface area contributed by atoms with E-state index in [-0.39, 0.29) is 24.6 Å². The van der Waals surface area contributed by atoms with Crippen LogP contribution in [-0.4, -0.2) is 33.7 Å². The van der Waals surface area contributed by atoms with Gasteiger partial charge in [0.2, 0.25) is 15.9 Å². The number of amides is 1. The Balaban J connectivity index is 1.78.